The zero-order valence-electron chi connectivity index (χ0n) is 8.12. The summed E-state index contributed by atoms with van der Waals surface area (Å²) in [5, 5.41) is 11.2. The van der Waals surface area contributed by atoms with Gasteiger partial charge in [0, 0.05) is 11.4 Å². The molecule has 15 heavy (non-hydrogen) atoms. The number of rotatable bonds is 2. The Morgan fingerprint density at radius 3 is 2.87 bits per heavy atom. The highest BCUT2D eigenvalue weighted by molar-refractivity contribution is 9.10. The molecule has 1 N–H and O–H groups in total. The molecule has 0 atom stereocenters. The molecule has 0 saturated heterocycles. The lowest BCUT2D eigenvalue weighted by Crippen LogP contribution is -2.17. The monoisotopic (exact) mass is 264 g/mol. The molecule has 76 valence electrons. The van der Waals surface area contributed by atoms with E-state index in [1.807, 2.05) is 30.3 Å². The number of carbonyl (C=O) groups excluding carboxylic acids is 1. The van der Waals surface area contributed by atoms with Crippen molar-refractivity contribution in [1.29, 1.82) is 5.26 Å². The van der Waals surface area contributed by atoms with Crippen molar-refractivity contribution >= 4 is 27.9 Å². The highest BCUT2D eigenvalue weighted by Crippen LogP contribution is 2.13. The fourth-order valence-corrected chi connectivity index (χ4v) is 1.47. The number of benzene rings is 1. The molecule has 0 bridgehead atoms. The van der Waals surface area contributed by atoms with Crippen molar-refractivity contribution in [3.8, 4) is 6.07 Å². The predicted molar refractivity (Wildman–Crippen MR) is 61.5 cm³/mol. The Morgan fingerprint density at radius 1 is 1.60 bits per heavy atom. The van der Waals surface area contributed by atoms with E-state index in [1.54, 1.807) is 6.08 Å². The minimum absolute atomic E-state index is 0.237. The first kappa shape index (κ1) is 11.5. The Morgan fingerprint density at radius 2 is 2.33 bits per heavy atom. The molecule has 0 heterocycles. The van der Waals surface area contributed by atoms with E-state index in [4.69, 9.17) is 5.26 Å². The van der Waals surface area contributed by atoms with Crippen LogP contribution in [0.15, 0.2) is 34.4 Å². The molecule has 0 aliphatic carbocycles. The quantitative estimate of drug-likeness (QED) is 0.835. The van der Waals surface area contributed by atoms with Crippen LogP contribution in [0, 0.1) is 11.3 Å². The van der Waals surface area contributed by atoms with Crippen LogP contribution in [-0.2, 0) is 4.79 Å². The van der Waals surface area contributed by atoms with Crippen LogP contribution >= 0.6 is 15.9 Å². The lowest BCUT2D eigenvalue weighted by molar-refractivity contribution is -0.118. The number of amides is 1. The van der Waals surface area contributed by atoms with Crippen molar-refractivity contribution in [2.45, 2.75) is 6.92 Å². The van der Waals surface area contributed by atoms with E-state index in [0.717, 1.165) is 10.0 Å². The minimum Gasteiger partial charge on any atom is -0.318 e. The van der Waals surface area contributed by atoms with Gasteiger partial charge in [-0.25, -0.2) is 0 Å². The maximum atomic E-state index is 10.8. The van der Waals surface area contributed by atoms with Gasteiger partial charge in [-0.2, -0.15) is 5.26 Å². The molecule has 1 aromatic rings. The van der Waals surface area contributed by atoms with E-state index in [9.17, 15) is 4.79 Å². The third-order valence-corrected chi connectivity index (χ3v) is 2.08. The van der Waals surface area contributed by atoms with Crippen LogP contribution in [0.25, 0.3) is 6.08 Å². The Hall–Kier alpha value is -1.60. The fourth-order valence-electron chi connectivity index (χ4n) is 1.05. The standard InChI is InChI=1S/C11H9BrN2O/c1-8(15)14-11(7-13)6-9-3-2-4-10(12)5-9/h2-6H,1H3,(H,14,15)/b11-6+. The molecule has 0 fully saturated rings. The predicted octanol–water partition coefficient (Wildman–Crippen LogP) is 2.45. The van der Waals surface area contributed by atoms with E-state index >= 15 is 0 Å². The molecule has 0 saturated carbocycles. The maximum Gasteiger partial charge on any atom is 0.221 e. The molecular weight excluding hydrogens is 256 g/mol. The van der Waals surface area contributed by atoms with Crippen LogP contribution in [0.5, 0.6) is 0 Å². The Labute approximate surface area is 96.5 Å². The number of halogens is 1. The summed E-state index contributed by atoms with van der Waals surface area (Å²) in [6, 6.07) is 9.38. The lowest BCUT2D eigenvalue weighted by atomic mass is 10.2. The summed E-state index contributed by atoms with van der Waals surface area (Å²) >= 11 is 3.33. The van der Waals surface area contributed by atoms with Crippen molar-refractivity contribution in [3.05, 3.63) is 40.0 Å². The zero-order valence-corrected chi connectivity index (χ0v) is 9.71. The molecule has 1 aromatic carbocycles. The first-order valence-electron chi connectivity index (χ1n) is 4.27. The lowest BCUT2D eigenvalue weighted by Gasteiger charge is -1.99. The van der Waals surface area contributed by atoms with Crippen LogP contribution in [0.1, 0.15) is 12.5 Å². The molecule has 1 rings (SSSR count). The van der Waals surface area contributed by atoms with Crippen LogP contribution < -0.4 is 5.32 Å². The fraction of sp³-hybridized carbons (Fsp3) is 0.0909. The van der Waals surface area contributed by atoms with E-state index in [-0.39, 0.29) is 11.6 Å². The summed E-state index contributed by atoms with van der Waals surface area (Å²) in [5.74, 6) is -0.252. The van der Waals surface area contributed by atoms with Gasteiger partial charge in [0.2, 0.25) is 5.91 Å². The average Bonchev–Trinajstić information content (AvgIpc) is 2.16. The molecule has 3 nitrogen and oxygen atoms in total. The number of allylic oxidation sites excluding steroid dienone is 1. The van der Waals surface area contributed by atoms with Crippen LogP contribution in [0.4, 0.5) is 0 Å². The van der Waals surface area contributed by atoms with E-state index in [0.29, 0.717) is 0 Å². The van der Waals surface area contributed by atoms with Crippen molar-refractivity contribution in [2.75, 3.05) is 0 Å². The zero-order chi connectivity index (χ0) is 11.3. The number of nitrogens with zero attached hydrogens (tertiary/aromatic N) is 1. The third-order valence-electron chi connectivity index (χ3n) is 1.59. The van der Waals surface area contributed by atoms with Crippen molar-refractivity contribution in [1.82, 2.24) is 5.32 Å². The van der Waals surface area contributed by atoms with Gasteiger partial charge in [-0.1, -0.05) is 28.1 Å². The Balaban J connectivity index is 2.94. The number of hydrogen-bond donors (Lipinski definition) is 1. The van der Waals surface area contributed by atoms with Gasteiger partial charge in [-0.3, -0.25) is 4.79 Å². The van der Waals surface area contributed by atoms with Gasteiger partial charge in [-0.05, 0) is 23.8 Å². The Kier molecular flexibility index (Phi) is 4.07. The number of nitrogens with one attached hydrogen (secondary N) is 1. The van der Waals surface area contributed by atoms with Crippen molar-refractivity contribution < 1.29 is 4.79 Å². The van der Waals surface area contributed by atoms with Crippen molar-refractivity contribution in [3.63, 3.8) is 0 Å². The molecule has 0 aliphatic rings. The second-order valence-corrected chi connectivity index (χ2v) is 3.82. The van der Waals surface area contributed by atoms with Gasteiger partial charge in [0.1, 0.15) is 11.8 Å². The summed E-state index contributed by atoms with van der Waals surface area (Å²) in [4.78, 5) is 10.8. The molecule has 0 unspecified atom stereocenters. The summed E-state index contributed by atoms with van der Waals surface area (Å²) in [6.45, 7) is 1.37. The summed E-state index contributed by atoms with van der Waals surface area (Å²) in [6.07, 6.45) is 1.62. The third kappa shape index (κ3) is 3.96. The highest BCUT2D eigenvalue weighted by atomic mass is 79.9. The SMILES string of the molecule is CC(=O)N/C(C#N)=C/c1cccc(Br)c1. The minimum atomic E-state index is -0.252. The van der Waals surface area contributed by atoms with Gasteiger partial charge in [0.15, 0.2) is 0 Å². The van der Waals surface area contributed by atoms with Crippen LogP contribution in [-0.4, -0.2) is 5.91 Å². The van der Waals surface area contributed by atoms with Gasteiger partial charge < -0.3 is 5.32 Å². The number of nitriles is 1. The highest BCUT2D eigenvalue weighted by Gasteiger charge is 1.98. The normalized spacial score (nSPS) is 10.6. The molecule has 0 spiro atoms. The van der Waals surface area contributed by atoms with E-state index < -0.39 is 0 Å². The molecule has 0 radical (unpaired) electrons. The largest absolute Gasteiger partial charge is 0.318 e. The topological polar surface area (TPSA) is 52.9 Å². The summed E-state index contributed by atoms with van der Waals surface area (Å²) < 4.78 is 0.927. The first-order chi connectivity index (χ1) is 7.11. The van der Waals surface area contributed by atoms with Gasteiger partial charge in [-0.15, -0.1) is 0 Å². The Bertz CT molecular complexity index is 446. The molecule has 0 aliphatic heterocycles. The number of carbonyl (C=O) groups is 1. The molecular formula is C11H9BrN2O. The van der Waals surface area contributed by atoms with Crippen LogP contribution in [0.2, 0.25) is 0 Å². The first-order valence-corrected chi connectivity index (χ1v) is 5.06. The maximum absolute atomic E-state index is 10.8. The number of hydrogen-bond acceptors (Lipinski definition) is 2. The summed E-state index contributed by atoms with van der Waals surface area (Å²) in [7, 11) is 0. The average molecular weight is 265 g/mol. The second-order valence-electron chi connectivity index (χ2n) is 2.91. The van der Waals surface area contributed by atoms with Gasteiger partial charge in [0.25, 0.3) is 0 Å². The molecule has 4 heteroatoms. The molecule has 1 amide bonds. The molecule has 0 aromatic heterocycles. The summed E-state index contributed by atoms with van der Waals surface area (Å²) in [5.41, 5.74) is 1.09. The van der Waals surface area contributed by atoms with E-state index in [2.05, 4.69) is 21.2 Å². The second kappa shape index (κ2) is 5.32. The van der Waals surface area contributed by atoms with Crippen molar-refractivity contribution in [2.24, 2.45) is 0 Å². The van der Waals surface area contributed by atoms with Gasteiger partial charge >= 0.3 is 0 Å². The van der Waals surface area contributed by atoms with E-state index in [1.165, 1.54) is 6.92 Å². The van der Waals surface area contributed by atoms with Gasteiger partial charge in [0.05, 0.1) is 0 Å². The van der Waals surface area contributed by atoms with Crippen LogP contribution in [0.3, 0.4) is 0 Å². The smallest absolute Gasteiger partial charge is 0.221 e.